The van der Waals surface area contributed by atoms with Crippen molar-refractivity contribution in [2.75, 3.05) is 13.1 Å². The molecular weight excluding hydrogens is 396 g/mol. The maximum atomic E-state index is 12.3. The van der Waals surface area contributed by atoms with Crippen molar-refractivity contribution in [1.29, 1.82) is 0 Å². The molecule has 10 N–H and O–H groups in total. The summed E-state index contributed by atoms with van der Waals surface area (Å²) in [4.78, 5) is 59.0. The van der Waals surface area contributed by atoms with Crippen LogP contribution < -0.4 is 33.2 Å². The fourth-order valence-electron chi connectivity index (χ4n) is 2.53. The van der Waals surface area contributed by atoms with Crippen molar-refractivity contribution in [2.45, 2.75) is 64.1 Å². The van der Waals surface area contributed by atoms with Gasteiger partial charge in [-0.2, -0.15) is 0 Å². The molecule has 0 bridgehead atoms. The molecule has 0 aromatic carbocycles. The standard InChI is InChI=1S/C18H34N6O6/c1-3-10(2)15(18(29)30)24-14(26)9-22-17(28)12(8-13(21)25)23-16(27)11(20)6-4-5-7-19/h10-12,15H,3-9,19-20H2,1-2H3,(H2,21,25)(H,22,28)(H,23,27)(H,24,26)(H,29,30). The number of nitrogens with two attached hydrogens (primary N) is 3. The highest BCUT2D eigenvalue weighted by molar-refractivity contribution is 5.95. The Labute approximate surface area is 175 Å². The Bertz CT molecular complexity index is 614. The van der Waals surface area contributed by atoms with E-state index in [-0.39, 0.29) is 5.92 Å². The van der Waals surface area contributed by atoms with Crippen LogP contribution in [0, 0.1) is 5.92 Å². The van der Waals surface area contributed by atoms with Crippen molar-refractivity contribution >= 4 is 29.6 Å². The monoisotopic (exact) mass is 430 g/mol. The third-order valence-electron chi connectivity index (χ3n) is 4.56. The number of hydrogen-bond donors (Lipinski definition) is 7. The number of nitrogens with one attached hydrogen (secondary N) is 3. The first-order valence-corrected chi connectivity index (χ1v) is 9.87. The van der Waals surface area contributed by atoms with Crippen molar-refractivity contribution in [1.82, 2.24) is 16.0 Å². The van der Waals surface area contributed by atoms with Crippen molar-refractivity contribution in [3.63, 3.8) is 0 Å². The molecule has 12 nitrogen and oxygen atoms in total. The Hall–Kier alpha value is -2.73. The highest BCUT2D eigenvalue weighted by Gasteiger charge is 2.28. The van der Waals surface area contributed by atoms with Crippen LogP contribution in [0.4, 0.5) is 0 Å². The zero-order chi connectivity index (χ0) is 23.3. The molecule has 0 saturated carbocycles. The maximum Gasteiger partial charge on any atom is 0.326 e. The second-order valence-electron chi connectivity index (χ2n) is 7.11. The number of carboxylic acids is 1. The van der Waals surface area contributed by atoms with Gasteiger partial charge in [-0.15, -0.1) is 0 Å². The Balaban J connectivity index is 4.83. The molecule has 0 saturated heterocycles. The molecule has 0 spiro atoms. The maximum absolute atomic E-state index is 12.3. The number of hydrogen-bond acceptors (Lipinski definition) is 7. The smallest absolute Gasteiger partial charge is 0.326 e. The van der Waals surface area contributed by atoms with E-state index < -0.39 is 60.7 Å². The lowest BCUT2D eigenvalue weighted by Gasteiger charge is -2.21. The Kier molecular flexibility index (Phi) is 13.0. The number of carbonyl (C=O) groups is 5. The van der Waals surface area contributed by atoms with E-state index in [1.54, 1.807) is 13.8 Å². The second kappa shape index (κ2) is 14.3. The first-order chi connectivity index (χ1) is 14.0. The van der Waals surface area contributed by atoms with E-state index >= 15 is 0 Å². The Morgan fingerprint density at radius 2 is 1.67 bits per heavy atom. The average Bonchev–Trinajstić information content (AvgIpc) is 2.68. The van der Waals surface area contributed by atoms with Gasteiger partial charge in [0, 0.05) is 0 Å². The van der Waals surface area contributed by atoms with Crippen LogP contribution in [0.25, 0.3) is 0 Å². The van der Waals surface area contributed by atoms with Crippen molar-refractivity contribution in [3.05, 3.63) is 0 Å². The van der Waals surface area contributed by atoms with Gasteiger partial charge in [-0.25, -0.2) is 4.79 Å². The lowest BCUT2D eigenvalue weighted by molar-refractivity contribution is -0.143. The van der Waals surface area contributed by atoms with Gasteiger partial charge in [-0.05, 0) is 25.3 Å². The van der Waals surface area contributed by atoms with Crippen LogP contribution in [-0.2, 0) is 24.0 Å². The second-order valence-corrected chi connectivity index (χ2v) is 7.11. The predicted molar refractivity (Wildman–Crippen MR) is 109 cm³/mol. The third kappa shape index (κ3) is 10.7. The topological polar surface area (TPSA) is 220 Å². The molecular formula is C18H34N6O6. The molecule has 4 unspecified atom stereocenters. The van der Waals surface area contributed by atoms with Gasteiger partial charge in [0.05, 0.1) is 19.0 Å². The van der Waals surface area contributed by atoms with Crippen LogP contribution in [0.1, 0.15) is 46.0 Å². The van der Waals surface area contributed by atoms with Crippen LogP contribution in [0.2, 0.25) is 0 Å². The molecule has 0 aromatic heterocycles. The molecule has 0 rings (SSSR count). The third-order valence-corrected chi connectivity index (χ3v) is 4.56. The van der Waals surface area contributed by atoms with E-state index in [4.69, 9.17) is 17.2 Å². The quantitative estimate of drug-likeness (QED) is 0.138. The van der Waals surface area contributed by atoms with E-state index in [0.717, 1.165) is 0 Å². The highest BCUT2D eigenvalue weighted by Crippen LogP contribution is 2.07. The van der Waals surface area contributed by atoms with Gasteiger partial charge in [0.2, 0.25) is 23.6 Å². The summed E-state index contributed by atoms with van der Waals surface area (Å²) in [6.07, 6.45) is 1.71. The van der Waals surface area contributed by atoms with E-state index in [1.807, 2.05) is 0 Å². The van der Waals surface area contributed by atoms with Crippen molar-refractivity contribution < 1.29 is 29.1 Å². The van der Waals surface area contributed by atoms with Crippen molar-refractivity contribution in [3.8, 4) is 0 Å². The van der Waals surface area contributed by atoms with Gasteiger partial charge in [-0.3, -0.25) is 19.2 Å². The van der Waals surface area contributed by atoms with Gasteiger partial charge in [0.25, 0.3) is 0 Å². The lowest BCUT2D eigenvalue weighted by atomic mass is 9.99. The minimum absolute atomic E-state index is 0.315. The Morgan fingerprint density at radius 1 is 1.03 bits per heavy atom. The van der Waals surface area contributed by atoms with Crippen molar-refractivity contribution in [2.24, 2.45) is 23.1 Å². The zero-order valence-corrected chi connectivity index (χ0v) is 17.5. The summed E-state index contributed by atoms with van der Waals surface area (Å²) >= 11 is 0. The van der Waals surface area contributed by atoms with Gasteiger partial charge in [0.1, 0.15) is 12.1 Å². The van der Waals surface area contributed by atoms with E-state index in [2.05, 4.69) is 16.0 Å². The molecule has 4 atom stereocenters. The summed E-state index contributed by atoms with van der Waals surface area (Å²) in [7, 11) is 0. The van der Waals surface area contributed by atoms with Gasteiger partial charge >= 0.3 is 5.97 Å². The highest BCUT2D eigenvalue weighted by atomic mass is 16.4. The van der Waals surface area contributed by atoms with E-state index in [9.17, 15) is 29.1 Å². The summed E-state index contributed by atoms with van der Waals surface area (Å²) in [6, 6.07) is -3.31. The molecule has 0 aliphatic carbocycles. The minimum atomic E-state index is -1.31. The number of unbranched alkanes of at least 4 members (excludes halogenated alkanes) is 1. The fraction of sp³-hybridized carbons (Fsp3) is 0.722. The van der Waals surface area contributed by atoms with Gasteiger partial charge in [-0.1, -0.05) is 26.7 Å². The van der Waals surface area contributed by atoms with Crippen LogP contribution in [-0.4, -0.2) is 65.9 Å². The average molecular weight is 431 g/mol. The summed E-state index contributed by atoms with van der Waals surface area (Å²) in [5.74, 6) is -4.52. The predicted octanol–water partition coefficient (Wildman–Crippen LogP) is -2.47. The number of primary amides is 1. The zero-order valence-electron chi connectivity index (χ0n) is 17.5. The van der Waals surface area contributed by atoms with E-state index in [1.165, 1.54) is 0 Å². The number of carboxylic acid groups (broad SMARTS) is 1. The largest absolute Gasteiger partial charge is 0.480 e. The molecule has 0 fully saturated rings. The molecule has 12 heteroatoms. The summed E-state index contributed by atoms with van der Waals surface area (Å²) in [5, 5.41) is 16.1. The molecule has 0 aliphatic rings. The molecule has 30 heavy (non-hydrogen) atoms. The van der Waals surface area contributed by atoms with Gasteiger partial charge < -0.3 is 38.3 Å². The first-order valence-electron chi connectivity index (χ1n) is 9.87. The lowest BCUT2D eigenvalue weighted by Crippen LogP contribution is -2.54. The number of aliphatic carboxylic acids is 1. The molecule has 0 radical (unpaired) electrons. The van der Waals surface area contributed by atoms with Crippen LogP contribution in [0.3, 0.4) is 0 Å². The fourth-order valence-corrected chi connectivity index (χ4v) is 2.53. The summed E-state index contributed by atoms with van der Waals surface area (Å²) in [6.45, 7) is 3.38. The molecule has 0 heterocycles. The Morgan fingerprint density at radius 3 is 2.17 bits per heavy atom. The minimum Gasteiger partial charge on any atom is -0.480 e. The summed E-state index contributed by atoms with van der Waals surface area (Å²) in [5.41, 5.74) is 16.3. The molecule has 0 aliphatic heterocycles. The molecule has 4 amide bonds. The van der Waals surface area contributed by atoms with Gasteiger partial charge in [0.15, 0.2) is 0 Å². The van der Waals surface area contributed by atoms with Crippen LogP contribution >= 0.6 is 0 Å². The van der Waals surface area contributed by atoms with Crippen LogP contribution in [0.5, 0.6) is 0 Å². The van der Waals surface area contributed by atoms with E-state index in [0.29, 0.717) is 32.2 Å². The first kappa shape index (κ1) is 27.3. The number of rotatable bonds is 15. The van der Waals surface area contributed by atoms with Crippen LogP contribution in [0.15, 0.2) is 0 Å². The molecule has 0 aromatic rings. The SMILES string of the molecule is CCC(C)C(NC(=O)CNC(=O)C(CC(N)=O)NC(=O)C(N)CCCCN)C(=O)O. The number of carbonyl (C=O) groups excluding carboxylic acids is 4. The summed E-state index contributed by atoms with van der Waals surface area (Å²) < 4.78 is 0. The number of amides is 4. The normalized spacial score (nSPS) is 14.7. The molecule has 172 valence electrons.